The van der Waals surface area contributed by atoms with Gasteiger partial charge in [0.2, 0.25) is 5.91 Å². The summed E-state index contributed by atoms with van der Waals surface area (Å²) >= 11 is 0. The van der Waals surface area contributed by atoms with E-state index in [-0.39, 0.29) is 11.9 Å². The normalized spacial score (nSPS) is 19.1. The molecule has 82 valence electrons. The molecule has 1 unspecified atom stereocenters. The highest BCUT2D eigenvalue weighted by atomic mass is 16.1. The molecule has 1 aliphatic heterocycles. The van der Waals surface area contributed by atoms with Crippen LogP contribution in [0.4, 0.5) is 5.69 Å². The molecule has 0 saturated heterocycles. The van der Waals surface area contributed by atoms with E-state index in [0.29, 0.717) is 0 Å². The van der Waals surface area contributed by atoms with Crippen molar-refractivity contribution in [1.82, 2.24) is 9.38 Å². The van der Waals surface area contributed by atoms with Crippen molar-refractivity contribution in [3.63, 3.8) is 0 Å². The second kappa shape index (κ2) is 3.23. The number of hydrogen-bond acceptors (Lipinski definition) is 3. The van der Waals surface area contributed by atoms with Gasteiger partial charge in [0.1, 0.15) is 6.04 Å². The largest absolute Gasteiger partial charge is 0.372 e. The first kappa shape index (κ1) is 9.21. The number of anilines is 1. The van der Waals surface area contributed by atoms with E-state index in [1.165, 1.54) is 5.69 Å². The van der Waals surface area contributed by atoms with E-state index in [1.54, 1.807) is 12.4 Å². The maximum Gasteiger partial charge on any atom is 0.239 e. The van der Waals surface area contributed by atoms with E-state index in [4.69, 9.17) is 5.73 Å². The minimum atomic E-state index is -0.293. The molecule has 5 nitrogen and oxygen atoms in total. The Kier molecular flexibility index (Phi) is 1.86. The van der Waals surface area contributed by atoms with E-state index in [2.05, 4.69) is 14.7 Å². The van der Waals surface area contributed by atoms with Gasteiger partial charge in [0.25, 0.3) is 0 Å². The quantitative estimate of drug-likeness (QED) is 0.731. The summed E-state index contributed by atoms with van der Waals surface area (Å²) < 4.78 is 2.09. The molecule has 0 saturated carbocycles. The Bertz CT molecular complexity index is 560. The second-order valence-electron chi connectivity index (χ2n) is 4.01. The van der Waals surface area contributed by atoms with Crippen molar-refractivity contribution in [3.8, 4) is 0 Å². The summed E-state index contributed by atoms with van der Waals surface area (Å²) in [4.78, 5) is 15.2. The van der Waals surface area contributed by atoms with E-state index in [1.807, 2.05) is 12.3 Å². The highest BCUT2D eigenvalue weighted by Crippen LogP contribution is 2.28. The van der Waals surface area contributed by atoms with Crippen molar-refractivity contribution < 1.29 is 4.79 Å². The molecule has 2 aromatic rings. The van der Waals surface area contributed by atoms with E-state index in [0.717, 1.165) is 24.0 Å². The molecule has 5 heteroatoms. The van der Waals surface area contributed by atoms with Crippen molar-refractivity contribution in [3.05, 3.63) is 30.4 Å². The molecule has 1 amide bonds. The Morgan fingerprint density at radius 3 is 3.31 bits per heavy atom. The molecule has 0 spiro atoms. The van der Waals surface area contributed by atoms with Gasteiger partial charge in [0, 0.05) is 18.1 Å². The van der Waals surface area contributed by atoms with Gasteiger partial charge in [-0.05, 0) is 18.9 Å². The summed E-state index contributed by atoms with van der Waals surface area (Å²) in [6.07, 6.45) is 7.10. The highest BCUT2D eigenvalue weighted by molar-refractivity contribution is 5.84. The lowest BCUT2D eigenvalue weighted by Gasteiger charge is -2.22. The van der Waals surface area contributed by atoms with Gasteiger partial charge in [-0.15, -0.1) is 0 Å². The fourth-order valence-electron chi connectivity index (χ4n) is 2.22. The van der Waals surface area contributed by atoms with Crippen LogP contribution in [0.2, 0.25) is 0 Å². The predicted octanol–water partition coefficient (Wildman–Crippen LogP) is 0.546. The van der Waals surface area contributed by atoms with Crippen LogP contribution < -0.4 is 11.1 Å². The van der Waals surface area contributed by atoms with Crippen LogP contribution in [0.3, 0.4) is 0 Å². The third kappa shape index (κ3) is 1.25. The van der Waals surface area contributed by atoms with Crippen LogP contribution in [0, 0.1) is 0 Å². The number of nitrogens with two attached hydrogens (primary N) is 1. The van der Waals surface area contributed by atoms with Crippen molar-refractivity contribution in [2.75, 3.05) is 5.32 Å². The van der Waals surface area contributed by atoms with Crippen LogP contribution in [-0.2, 0) is 11.2 Å². The molecule has 0 radical (unpaired) electrons. The highest BCUT2D eigenvalue weighted by Gasteiger charge is 2.24. The Hall–Kier alpha value is -2.04. The first-order valence-electron chi connectivity index (χ1n) is 5.25. The van der Waals surface area contributed by atoms with Gasteiger partial charge >= 0.3 is 0 Å². The number of primary amides is 1. The van der Waals surface area contributed by atoms with Gasteiger partial charge in [0.05, 0.1) is 17.4 Å². The number of carbonyl (C=O) groups is 1. The number of hydrogen-bond donors (Lipinski definition) is 2. The first-order chi connectivity index (χ1) is 7.75. The van der Waals surface area contributed by atoms with Crippen LogP contribution >= 0.6 is 0 Å². The van der Waals surface area contributed by atoms with E-state index < -0.39 is 0 Å². The topological polar surface area (TPSA) is 72.4 Å². The molecule has 3 N–H and O–H groups in total. The Morgan fingerprint density at radius 2 is 2.50 bits per heavy atom. The van der Waals surface area contributed by atoms with Gasteiger partial charge in [-0.1, -0.05) is 0 Å². The van der Waals surface area contributed by atoms with Crippen LogP contribution in [0.15, 0.2) is 24.7 Å². The Balaban J connectivity index is 2.09. The van der Waals surface area contributed by atoms with E-state index >= 15 is 0 Å². The van der Waals surface area contributed by atoms with Crippen LogP contribution in [0.5, 0.6) is 0 Å². The van der Waals surface area contributed by atoms with Gasteiger partial charge in [-0.2, -0.15) is 0 Å². The van der Waals surface area contributed by atoms with Crippen LogP contribution in [0.25, 0.3) is 5.52 Å². The fraction of sp³-hybridized carbons (Fsp3) is 0.273. The second-order valence-corrected chi connectivity index (χ2v) is 4.01. The molecule has 3 heterocycles. The summed E-state index contributed by atoms with van der Waals surface area (Å²) in [6, 6.07) is 1.75. The molecule has 0 fully saturated rings. The molecular weight excluding hydrogens is 204 g/mol. The molecule has 0 aliphatic carbocycles. The molecular formula is C11H12N4O. The number of carbonyl (C=O) groups excluding carboxylic acids is 1. The molecule has 0 aromatic carbocycles. The monoisotopic (exact) mass is 216 g/mol. The summed E-state index contributed by atoms with van der Waals surface area (Å²) in [7, 11) is 0. The van der Waals surface area contributed by atoms with Gasteiger partial charge < -0.3 is 15.5 Å². The summed E-state index contributed by atoms with van der Waals surface area (Å²) in [5.41, 5.74) is 8.51. The van der Waals surface area contributed by atoms with Crippen LogP contribution in [-0.4, -0.2) is 21.3 Å². The van der Waals surface area contributed by atoms with Crippen LogP contribution in [0.1, 0.15) is 12.1 Å². The number of fused-ring (bicyclic) bond motifs is 3. The predicted molar refractivity (Wildman–Crippen MR) is 60.1 cm³/mol. The summed E-state index contributed by atoms with van der Waals surface area (Å²) in [6.45, 7) is 0. The maximum absolute atomic E-state index is 11.1. The van der Waals surface area contributed by atoms with Crippen molar-refractivity contribution in [2.45, 2.75) is 18.9 Å². The Labute approximate surface area is 92.3 Å². The average Bonchev–Trinajstić information content (AvgIpc) is 2.66. The molecule has 3 rings (SSSR count). The zero-order valence-electron chi connectivity index (χ0n) is 8.68. The third-order valence-corrected chi connectivity index (χ3v) is 3.02. The summed E-state index contributed by atoms with van der Waals surface area (Å²) in [5.74, 6) is -0.293. The number of nitrogens with zero attached hydrogens (tertiary/aromatic N) is 2. The minimum Gasteiger partial charge on any atom is -0.372 e. The number of amides is 1. The SMILES string of the molecule is NC(=O)C1CCc2c(cc3cnccn23)N1. The molecule has 2 aromatic heterocycles. The van der Waals surface area contributed by atoms with Crippen molar-refractivity contribution in [2.24, 2.45) is 5.73 Å². The standard InChI is InChI=1S/C11H12N4O/c12-11(16)8-1-2-10-9(14-8)5-7-6-13-3-4-15(7)10/h3-6,8,14H,1-2H2,(H2,12,16). The zero-order valence-corrected chi connectivity index (χ0v) is 8.68. The van der Waals surface area contributed by atoms with Crippen molar-refractivity contribution >= 4 is 17.1 Å². The third-order valence-electron chi connectivity index (χ3n) is 3.02. The van der Waals surface area contributed by atoms with Crippen molar-refractivity contribution in [1.29, 1.82) is 0 Å². The lowest BCUT2D eigenvalue weighted by molar-refractivity contribution is -0.118. The lowest BCUT2D eigenvalue weighted by Crippen LogP contribution is -2.38. The first-order valence-corrected chi connectivity index (χ1v) is 5.25. The maximum atomic E-state index is 11.1. The van der Waals surface area contributed by atoms with E-state index in [9.17, 15) is 4.79 Å². The number of aryl methyl sites for hydroxylation is 1. The smallest absolute Gasteiger partial charge is 0.239 e. The van der Waals surface area contributed by atoms with Gasteiger partial charge in [-0.3, -0.25) is 9.78 Å². The average molecular weight is 216 g/mol. The molecule has 1 atom stereocenters. The van der Waals surface area contributed by atoms with Gasteiger partial charge in [-0.25, -0.2) is 0 Å². The molecule has 16 heavy (non-hydrogen) atoms. The summed E-state index contributed by atoms with van der Waals surface area (Å²) in [5, 5.41) is 3.16. The fourth-order valence-corrected chi connectivity index (χ4v) is 2.22. The zero-order chi connectivity index (χ0) is 11.1. The Morgan fingerprint density at radius 1 is 1.62 bits per heavy atom. The molecule has 0 bridgehead atoms. The lowest BCUT2D eigenvalue weighted by atomic mass is 10.0. The number of rotatable bonds is 1. The number of nitrogens with one attached hydrogen (secondary N) is 1. The molecule has 1 aliphatic rings. The van der Waals surface area contributed by atoms with Gasteiger partial charge in [0.15, 0.2) is 0 Å². The number of aromatic nitrogens is 2. The minimum absolute atomic E-state index is 0.252.